The van der Waals surface area contributed by atoms with E-state index < -0.39 is 0 Å². The summed E-state index contributed by atoms with van der Waals surface area (Å²) in [4.78, 5) is 6.82. The number of hydrogen-bond acceptors (Lipinski definition) is 2. The fraction of sp³-hybridized carbons (Fsp3) is 0.615. The van der Waals surface area contributed by atoms with E-state index in [1.807, 2.05) is 12.4 Å². The SMILES string of the molecule is CC1CCCC(C)N1Cc1cncc(Br)c1. The molecule has 1 saturated heterocycles. The molecule has 1 aromatic rings. The molecule has 0 aromatic carbocycles. The Morgan fingerprint density at radius 1 is 1.31 bits per heavy atom. The van der Waals surface area contributed by atoms with E-state index in [1.54, 1.807) is 0 Å². The topological polar surface area (TPSA) is 16.1 Å². The lowest BCUT2D eigenvalue weighted by molar-refractivity contribution is 0.0951. The number of pyridine rings is 1. The van der Waals surface area contributed by atoms with Crippen LogP contribution in [-0.4, -0.2) is 22.0 Å². The Balaban J connectivity index is 2.07. The number of piperidine rings is 1. The summed E-state index contributed by atoms with van der Waals surface area (Å²) < 4.78 is 1.07. The first-order valence-electron chi connectivity index (χ1n) is 6.02. The Morgan fingerprint density at radius 2 is 2.00 bits per heavy atom. The number of nitrogens with zero attached hydrogens (tertiary/aromatic N) is 2. The van der Waals surface area contributed by atoms with Gasteiger partial charge in [0.05, 0.1) is 0 Å². The van der Waals surface area contributed by atoms with Crippen LogP contribution in [0, 0.1) is 0 Å². The first-order chi connectivity index (χ1) is 7.66. The molecule has 0 radical (unpaired) electrons. The van der Waals surface area contributed by atoms with Crippen molar-refractivity contribution in [2.24, 2.45) is 0 Å². The molecule has 0 spiro atoms. The molecule has 0 N–H and O–H groups in total. The summed E-state index contributed by atoms with van der Waals surface area (Å²) in [7, 11) is 0. The number of likely N-dealkylation sites (tertiary alicyclic amines) is 1. The smallest absolute Gasteiger partial charge is 0.0410 e. The molecule has 2 heterocycles. The second-order valence-corrected chi connectivity index (χ2v) is 5.73. The van der Waals surface area contributed by atoms with Gasteiger partial charge >= 0.3 is 0 Å². The van der Waals surface area contributed by atoms with Crippen molar-refractivity contribution in [3.8, 4) is 0 Å². The predicted octanol–water partition coefficient (Wildman–Crippen LogP) is 3.61. The highest BCUT2D eigenvalue weighted by Gasteiger charge is 2.24. The zero-order valence-corrected chi connectivity index (χ0v) is 11.6. The van der Waals surface area contributed by atoms with E-state index in [2.05, 4.69) is 45.7 Å². The van der Waals surface area contributed by atoms with Crippen molar-refractivity contribution < 1.29 is 0 Å². The molecule has 16 heavy (non-hydrogen) atoms. The highest BCUT2D eigenvalue weighted by Crippen LogP contribution is 2.24. The van der Waals surface area contributed by atoms with E-state index in [9.17, 15) is 0 Å². The van der Waals surface area contributed by atoms with E-state index in [0.29, 0.717) is 12.1 Å². The van der Waals surface area contributed by atoms with Gasteiger partial charge in [-0.3, -0.25) is 9.88 Å². The van der Waals surface area contributed by atoms with Gasteiger partial charge in [-0.25, -0.2) is 0 Å². The van der Waals surface area contributed by atoms with E-state index in [0.717, 1.165) is 11.0 Å². The average molecular weight is 283 g/mol. The molecule has 88 valence electrons. The Labute approximate surface area is 106 Å². The molecule has 0 saturated carbocycles. The van der Waals surface area contributed by atoms with E-state index in [1.165, 1.54) is 24.8 Å². The zero-order valence-electron chi connectivity index (χ0n) is 9.99. The van der Waals surface area contributed by atoms with Gasteiger partial charge in [-0.15, -0.1) is 0 Å². The van der Waals surface area contributed by atoms with Crippen molar-refractivity contribution in [3.05, 3.63) is 28.5 Å². The maximum atomic E-state index is 4.23. The van der Waals surface area contributed by atoms with Gasteiger partial charge < -0.3 is 0 Å². The van der Waals surface area contributed by atoms with Gasteiger partial charge in [0.2, 0.25) is 0 Å². The highest BCUT2D eigenvalue weighted by atomic mass is 79.9. The molecular weight excluding hydrogens is 264 g/mol. The Bertz CT molecular complexity index is 344. The molecule has 0 bridgehead atoms. The largest absolute Gasteiger partial charge is 0.294 e. The van der Waals surface area contributed by atoms with Crippen molar-refractivity contribution in [2.75, 3.05) is 0 Å². The summed E-state index contributed by atoms with van der Waals surface area (Å²) in [5.74, 6) is 0. The molecule has 1 fully saturated rings. The van der Waals surface area contributed by atoms with Crippen LogP contribution in [0.15, 0.2) is 22.9 Å². The molecule has 0 aliphatic carbocycles. The van der Waals surface area contributed by atoms with Crippen LogP contribution in [0.25, 0.3) is 0 Å². The molecular formula is C13H19BrN2. The monoisotopic (exact) mass is 282 g/mol. The number of hydrogen-bond donors (Lipinski definition) is 0. The van der Waals surface area contributed by atoms with Gasteiger partial charge in [-0.1, -0.05) is 6.42 Å². The van der Waals surface area contributed by atoms with Crippen LogP contribution in [0.1, 0.15) is 38.7 Å². The Kier molecular flexibility index (Phi) is 3.98. The fourth-order valence-electron chi connectivity index (χ4n) is 2.54. The van der Waals surface area contributed by atoms with Gasteiger partial charge in [0.25, 0.3) is 0 Å². The minimum atomic E-state index is 0.697. The van der Waals surface area contributed by atoms with Crippen LogP contribution in [0.2, 0.25) is 0 Å². The lowest BCUT2D eigenvalue weighted by atomic mass is 9.97. The normalized spacial score (nSPS) is 26.9. The van der Waals surface area contributed by atoms with Gasteiger partial charge in [-0.05, 0) is 54.2 Å². The molecule has 1 aromatic heterocycles. The molecule has 0 amide bonds. The number of rotatable bonds is 2. The van der Waals surface area contributed by atoms with Crippen LogP contribution < -0.4 is 0 Å². The maximum Gasteiger partial charge on any atom is 0.0410 e. The average Bonchev–Trinajstić information content (AvgIpc) is 2.24. The van der Waals surface area contributed by atoms with Gasteiger partial charge in [-0.2, -0.15) is 0 Å². The van der Waals surface area contributed by atoms with Crippen LogP contribution in [0.5, 0.6) is 0 Å². The second-order valence-electron chi connectivity index (χ2n) is 4.81. The Morgan fingerprint density at radius 3 is 2.62 bits per heavy atom. The molecule has 2 unspecified atom stereocenters. The summed E-state index contributed by atoms with van der Waals surface area (Å²) in [6.45, 7) is 5.69. The lowest BCUT2D eigenvalue weighted by Gasteiger charge is -2.39. The van der Waals surface area contributed by atoms with E-state index >= 15 is 0 Å². The van der Waals surface area contributed by atoms with Gasteiger partial charge in [0, 0.05) is 35.5 Å². The summed E-state index contributed by atoms with van der Waals surface area (Å²) in [6, 6.07) is 3.56. The highest BCUT2D eigenvalue weighted by molar-refractivity contribution is 9.10. The van der Waals surface area contributed by atoms with Crippen LogP contribution in [0.3, 0.4) is 0 Å². The van der Waals surface area contributed by atoms with Crippen LogP contribution in [0.4, 0.5) is 0 Å². The summed E-state index contributed by atoms with van der Waals surface area (Å²) in [5.41, 5.74) is 1.30. The third-order valence-corrected chi connectivity index (χ3v) is 3.94. The third-order valence-electron chi connectivity index (χ3n) is 3.50. The summed E-state index contributed by atoms with van der Waals surface area (Å²) >= 11 is 3.48. The third kappa shape index (κ3) is 2.83. The van der Waals surface area contributed by atoms with Crippen molar-refractivity contribution in [1.29, 1.82) is 0 Å². The number of aromatic nitrogens is 1. The molecule has 2 atom stereocenters. The second kappa shape index (κ2) is 5.28. The van der Waals surface area contributed by atoms with Crippen LogP contribution in [-0.2, 0) is 6.54 Å². The Hall–Kier alpha value is -0.410. The fourth-order valence-corrected chi connectivity index (χ4v) is 2.95. The minimum Gasteiger partial charge on any atom is -0.294 e. The van der Waals surface area contributed by atoms with Crippen molar-refractivity contribution in [1.82, 2.24) is 9.88 Å². The molecule has 1 aliphatic rings. The lowest BCUT2D eigenvalue weighted by Crippen LogP contribution is -2.42. The molecule has 3 heteroatoms. The zero-order chi connectivity index (χ0) is 11.5. The maximum absolute atomic E-state index is 4.23. The molecule has 2 nitrogen and oxygen atoms in total. The van der Waals surface area contributed by atoms with Gasteiger partial charge in [0.1, 0.15) is 0 Å². The van der Waals surface area contributed by atoms with Crippen molar-refractivity contribution in [3.63, 3.8) is 0 Å². The predicted molar refractivity (Wildman–Crippen MR) is 70.3 cm³/mol. The minimum absolute atomic E-state index is 0.697. The van der Waals surface area contributed by atoms with Gasteiger partial charge in [0.15, 0.2) is 0 Å². The first-order valence-corrected chi connectivity index (χ1v) is 6.81. The number of halogens is 1. The van der Waals surface area contributed by atoms with E-state index in [-0.39, 0.29) is 0 Å². The van der Waals surface area contributed by atoms with Crippen molar-refractivity contribution in [2.45, 2.75) is 51.7 Å². The summed E-state index contributed by atoms with van der Waals surface area (Å²) in [5, 5.41) is 0. The summed E-state index contributed by atoms with van der Waals surface area (Å²) in [6.07, 6.45) is 7.83. The van der Waals surface area contributed by atoms with E-state index in [4.69, 9.17) is 0 Å². The van der Waals surface area contributed by atoms with Crippen LogP contribution >= 0.6 is 15.9 Å². The first kappa shape index (κ1) is 12.1. The van der Waals surface area contributed by atoms with Crippen molar-refractivity contribution >= 4 is 15.9 Å². The quantitative estimate of drug-likeness (QED) is 0.824. The molecule has 1 aliphatic heterocycles. The standard InChI is InChI=1S/C13H19BrN2/c1-10-4-3-5-11(2)16(10)9-12-6-13(14)8-15-7-12/h6-8,10-11H,3-5,9H2,1-2H3. The molecule has 2 rings (SSSR count).